The number of hydrogen-bond acceptors (Lipinski definition) is 7. The number of aliphatic hydroxyl groups excluding tert-OH is 1. The minimum absolute atomic E-state index is 0.0557. The lowest BCUT2D eigenvalue weighted by atomic mass is 9.94. The summed E-state index contributed by atoms with van der Waals surface area (Å²) in [5, 5.41) is 11.8. The number of benzene rings is 2. The smallest absolute Gasteiger partial charge is 0.294 e. The molecule has 0 fully saturated rings. The van der Waals surface area contributed by atoms with Gasteiger partial charge in [0.1, 0.15) is 5.75 Å². The van der Waals surface area contributed by atoms with Crippen molar-refractivity contribution in [3.8, 4) is 5.75 Å². The molecule has 0 saturated carbocycles. The van der Waals surface area contributed by atoms with E-state index in [1.807, 2.05) is 31.2 Å². The highest BCUT2D eigenvalue weighted by Crippen LogP contribution is 2.43. The van der Waals surface area contributed by atoms with Crippen molar-refractivity contribution in [3.05, 3.63) is 81.0 Å². The number of aliphatic hydroxyl groups is 1. The van der Waals surface area contributed by atoms with Gasteiger partial charge in [-0.2, -0.15) is 0 Å². The number of ether oxygens (including phenoxy) is 1. The van der Waals surface area contributed by atoms with Crippen LogP contribution in [-0.2, 0) is 4.79 Å². The van der Waals surface area contributed by atoms with Crippen molar-refractivity contribution in [1.29, 1.82) is 0 Å². The Morgan fingerprint density at radius 1 is 1.14 bits per heavy atom. The molecule has 2 aromatic carbocycles. The van der Waals surface area contributed by atoms with Crippen LogP contribution in [0.4, 0.5) is 11.4 Å². The van der Waals surface area contributed by atoms with E-state index in [1.165, 1.54) is 16.2 Å². The number of ketones is 1. The zero-order valence-electron chi connectivity index (χ0n) is 20.5. The van der Waals surface area contributed by atoms with Gasteiger partial charge in [-0.15, -0.1) is 11.3 Å². The van der Waals surface area contributed by atoms with Gasteiger partial charge in [0.2, 0.25) is 5.78 Å². The first-order chi connectivity index (χ1) is 16.8. The molecule has 8 heteroatoms. The van der Waals surface area contributed by atoms with Gasteiger partial charge >= 0.3 is 0 Å². The minimum Gasteiger partial charge on any atom is -0.503 e. The Balaban J connectivity index is 1.86. The lowest BCUT2D eigenvalue weighted by Gasteiger charge is -2.28. The number of methoxy groups -OCH3 is 1. The van der Waals surface area contributed by atoms with Crippen molar-refractivity contribution < 1.29 is 19.4 Å². The first-order valence-electron chi connectivity index (χ1n) is 11.5. The summed E-state index contributed by atoms with van der Waals surface area (Å²) in [6.45, 7) is 9.50. The summed E-state index contributed by atoms with van der Waals surface area (Å²) in [5.41, 5.74) is 2.94. The number of aryl methyl sites for hydroxylation is 2. The van der Waals surface area contributed by atoms with Gasteiger partial charge in [-0.05, 0) is 57.5 Å². The highest BCUT2D eigenvalue weighted by molar-refractivity contribution is 7.14. The van der Waals surface area contributed by atoms with E-state index in [1.54, 1.807) is 38.3 Å². The number of Topliss-reactive ketones (excluding diaryl/α,β-unsaturated/α-hetero) is 1. The molecule has 1 aliphatic heterocycles. The molecule has 0 saturated heterocycles. The first kappa shape index (κ1) is 24.5. The second-order valence-electron chi connectivity index (χ2n) is 8.28. The van der Waals surface area contributed by atoms with Crippen LogP contribution in [-0.4, -0.2) is 42.0 Å². The van der Waals surface area contributed by atoms with Crippen LogP contribution in [0.1, 0.15) is 45.8 Å². The quantitative estimate of drug-likeness (QED) is 0.425. The Bertz CT molecular complexity index is 1290. The van der Waals surface area contributed by atoms with E-state index in [9.17, 15) is 14.7 Å². The SMILES string of the molecule is CCN(CC)c1ccc(C2C(C(=O)c3sc(C)nc3C)=C(O)C(=O)N2c2cccc(OC)c2)cc1. The van der Waals surface area contributed by atoms with Crippen molar-refractivity contribution in [2.24, 2.45) is 0 Å². The molecule has 7 nitrogen and oxygen atoms in total. The van der Waals surface area contributed by atoms with Gasteiger partial charge in [0, 0.05) is 30.5 Å². The number of thiazole rings is 1. The fraction of sp³-hybridized carbons (Fsp3) is 0.296. The monoisotopic (exact) mass is 491 g/mol. The molecule has 35 heavy (non-hydrogen) atoms. The van der Waals surface area contributed by atoms with Gasteiger partial charge in [-0.25, -0.2) is 4.98 Å². The Labute approximate surface area is 209 Å². The number of hydrogen-bond donors (Lipinski definition) is 1. The van der Waals surface area contributed by atoms with Gasteiger partial charge in [-0.1, -0.05) is 18.2 Å². The molecule has 182 valence electrons. The average Bonchev–Trinajstić information content (AvgIpc) is 3.34. The maximum absolute atomic E-state index is 13.7. The molecule has 0 radical (unpaired) electrons. The minimum atomic E-state index is -0.797. The second-order valence-corrected chi connectivity index (χ2v) is 9.49. The maximum Gasteiger partial charge on any atom is 0.294 e. The van der Waals surface area contributed by atoms with E-state index in [-0.39, 0.29) is 11.4 Å². The largest absolute Gasteiger partial charge is 0.503 e. The van der Waals surface area contributed by atoms with Crippen molar-refractivity contribution in [3.63, 3.8) is 0 Å². The van der Waals surface area contributed by atoms with Gasteiger partial charge < -0.3 is 14.7 Å². The Morgan fingerprint density at radius 3 is 2.40 bits per heavy atom. The molecular weight excluding hydrogens is 462 g/mol. The molecule has 2 heterocycles. The van der Waals surface area contributed by atoms with E-state index in [2.05, 4.69) is 23.7 Å². The predicted octanol–water partition coefficient (Wildman–Crippen LogP) is 5.40. The number of aromatic nitrogens is 1. The summed E-state index contributed by atoms with van der Waals surface area (Å²) >= 11 is 1.26. The highest BCUT2D eigenvalue weighted by Gasteiger charge is 2.45. The van der Waals surface area contributed by atoms with Crippen LogP contribution < -0.4 is 14.5 Å². The van der Waals surface area contributed by atoms with E-state index in [4.69, 9.17) is 4.74 Å². The van der Waals surface area contributed by atoms with E-state index < -0.39 is 17.7 Å². The number of anilines is 2. The number of nitrogens with zero attached hydrogens (tertiary/aromatic N) is 3. The van der Waals surface area contributed by atoms with E-state index in [0.29, 0.717) is 22.0 Å². The number of carbonyl (C=O) groups is 2. The van der Waals surface area contributed by atoms with Crippen LogP contribution in [0.25, 0.3) is 0 Å². The third kappa shape index (κ3) is 4.41. The zero-order chi connectivity index (χ0) is 25.3. The van der Waals surface area contributed by atoms with Crippen LogP contribution in [0.15, 0.2) is 59.9 Å². The normalized spacial score (nSPS) is 15.6. The molecule has 1 aliphatic rings. The van der Waals surface area contributed by atoms with Crippen molar-refractivity contribution in [2.75, 3.05) is 30.0 Å². The summed E-state index contributed by atoms with van der Waals surface area (Å²) in [7, 11) is 1.55. The third-order valence-corrected chi connectivity index (χ3v) is 7.30. The van der Waals surface area contributed by atoms with E-state index >= 15 is 0 Å². The molecule has 1 atom stereocenters. The second kappa shape index (κ2) is 9.92. The molecule has 1 unspecified atom stereocenters. The molecule has 4 rings (SSSR count). The highest BCUT2D eigenvalue weighted by atomic mass is 32.1. The van der Waals surface area contributed by atoms with E-state index in [0.717, 1.165) is 29.3 Å². The van der Waals surface area contributed by atoms with Crippen LogP contribution in [0.2, 0.25) is 0 Å². The topological polar surface area (TPSA) is 83.0 Å². The molecule has 0 bridgehead atoms. The fourth-order valence-corrected chi connectivity index (χ4v) is 5.37. The fourth-order valence-electron chi connectivity index (χ4n) is 4.50. The van der Waals surface area contributed by atoms with Gasteiger partial charge in [0.05, 0.1) is 34.3 Å². The van der Waals surface area contributed by atoms with Crippen LogP contribution in [0, 0.1) is 13.8 Å². The predicted molar refractivity (Wildman–Crippen MR) is 139 cm³/mol. The molecule has 1 aromatic heterocycles. The average molecular weight is 492 g/mol. The summed E-state index contributed by atoms with van der Waals surface area (Å²) in [6.07, 6.45) is 0. The summed E-state index contributed by atoms with van der Waals surface area (Å²) in [4.78, 5) is 35.6. The third-order valence-electron chi connectivity index (χ3n) is 6.23. The van der Waals surface area contributed by atoms with Gasteiger partial charge in [0.25, 0.3) is 5.91 Å². The first-order valence-corrected chi connectivity index (χ1v) is 12.4. The van der Waals surface area contributed by atoms with Crippen molar-refractivity contribution in [1.82, 2.24) is 4.98 Å². The number of carbonyl (C=O) groups excluding carboxylic acids is 2. The van der Waals surface area contributed by atoms with Crippen LogP contribution >= 0.6 is 11.3 Å². The van der Waals surface area contributed by atoms with Crippen LogP contribution in [0.3, 0.4) is 0 Å². The lowest BCUT2D eigenvalue weighted by molar-refractivity contribution is -0.117. The van der Waals surface area contributed by atoms with Crippen LogP contribution in [0.5, 0.6) is 5.75 Å². The van der Waals surface area contributed by atoms with Crippen molar-refractivity contribution >= 4 is 34.4 Å². The zero-order valence-corrected chi connectivity index (χ0v) is 21.3. The lowest BCUT2D eigenvalue weighted by Crippen LogP contribution is -2.31. The standard InChI is InChI=1S/C27H29N3O4S/c1-6-29(7-2)19-13-11-18(12-14-19)23-22(24(31)26-16(3)28-17(4)35-26)25(32)27(33)30(23)20-9-8-10-21(15-20)34-5/h8-15,23,32H,6-7H2,1-5H3. The summed E-state index contributed by atoms with van der Waals surface area (Å²) < 4.78 is 5.35. The Morgan fingerprint density at radius 2 is 1.83 bits per heavy atom. The Hall–Kier alpha value is -3.65. The molecule has 0 spiro atoms. The maximum atomic E-state index is 13.7. The molecule has 0 aliphatic carbocycles. The molecule has 1 N–H and O–H groups in total. The molecule has 3 aromatic rings. The number of rotatable bonds is 8. The Kier molecular flexibility index (Phi) is 6.93. The van der Waals surface area contributed by atoms with Gasteiger partial charge in [-0.3, -0.25) is 14.5 Å². The summed E-state index contributed by atoms with van der Waals surface area (Å²) in [6, 6.07) is 14.0. The van der Waals surface area contributed by atoms with Crippen molar-refractivity contribution in [2.45, 2.75) is 33.7 Å². The van der Waals surface area contributed by atoms with Gasteiger partial charge in [0.15, 0.2) is 5.76 Å². The number of amides is 1. The molecule has 1 amide bonds. The summed E-state index contributed by atoms with van der Waals surface area (Å²) in [5.74, 6) is -0.985. The molecular formula is C27H29N3O4S.